The first kappa shape index (κ1) is 17.4. The lowest BCUT2D eigenvalue weighted by molar-refractivity contribution is -0.140. The van der Waals surface area contributed by atoms with Crippen LogP contribution in [0.25, 0.3) is 0 Å². The van der Waals surface area contributed by atoms with Crippen molar-refractivity contribution in [1.82, 2.24) is 14.8 Å². The monoisotopic (exact) mass is 318 g/mol. The highest BCUT2D eigenvalue weighted by Crippen LogP contribution is 2.19. The fourth-order valence-corrected chi connectivity index (χ4v) is 2.92. The van der Waals surface area contributed by atoms with Crippen LogP contribution in [0.4, 0.5) is 5.82 Å². The molecule has 1 unspecified atom stereocenters. The summed E-state index contributed by atoms with van der Waals surface area (Å²) in [5.74, 6) is 0.448. The van der Waals surface area contributed by atoms with Crippen molar-refractivity contribution in [3.05, 3.63) is 23.9 Å². The van der Waals surface area contributed by atoms with E-state index in [1.807, 2.05) is 33.2 Å². The first-order valence-corrected chi connectivity index (χ1v) is 8.21. The average molecular weight is 318 g/mol. The fraction of sp³-hybridized carbons (Fsp3) is 0.588. The summed E-state index contributed by atoms with van der Waals surface area (Å²) in [4.78, 5) is 32.6. The van der Waals surface area contributed by atoms with Crippen LogP contribution in [0.1, 0.15) is 38.2 Å². The first-order valence-electron chi connectivity index (χ1n) is 8.21. The summed E-state index contributed by atoms with van der Waals surface area (Å²) in [6.07, 6.45) is 4.78. The highest BCUT2D eigenvalue weighted by Gasteiger charge is 2.31. The summed E-state index contributed by atoms with van der Waals surface area (Å²) < 4.78 is 0. The molecule has 0 radical (unpaired) electrons. The molecule has 23 heavy (non-hydrogen) atoms. The van der Waals surface area contributed by atoms with Crippen molar-refractivity contribution in [2.45, 2.75) is 45.2 Å². The van der Waals surface area contributed by atoms with Gasteiger partial charge in [-0.05, 0) is 51.1 Å². The summed E-state index contributed by atoms with van der Waals surface area (Å²) in [5.41, 5.74) is 1.09. The van der Waals surface area contributed by atoms with Gasteiger partial charge in [0.1, 0.15) is 11.9 Å². The van der Waals surface area contributed by atoms with Crippen LogP contribution in [-0.4, -0.2) is 53.3 Å². The number of anilines is 1. The van der Waals surface area contributed by atoms with E-state index in [9.17, 15) is 9.59 Å². The van der Waals surface area contributed by atoms with Crippen LogP contribution in [0.2, 0.25) is 0 Å². The molecule has 1 N–H and O–H groups in total. The number of piperidine rings is 1. The second kappa shape index (κ2) is 8.06. The topological polar surface area (TPSA) is 65.5 Å². The van der Waals surface area contributed by atoms with Gasteiger partial charge in [-0.15, -0.1) is 0 Å². The minimum atomic E-state index is -0.379. The number of likely N-dealkylation sites (tertiary alicyclic amines) is 1. The van der Waals surface area contributed by atoms with E-state index in [-0.39, 0.29) is 17.9 Å². The number of nitrogens with one attached hydrogen (secondary N) is 1. The van der Waals surface area contributed by atoms with Gasteiger partial charge in [-0.2, -0.15) is 0 Å². The Bertz CT molecular complexity index is 559. The van der Waals surface area contributed by atoms with Crippen molar-refractivity contribution in [2.24, 2.45) is 0 Å². The molecule has 1 aromatic heterocycles. The fourth-order valence-electron chi connectivity index (χ4n) is 2.92. The molecule has 1 aromatic rings. The second-order valence-corrected chi connectivity index (χ2v) is 6.23. The minimum Gasteiger partial charge on any atom is -0.331 e. The van der Waals surface area contributed by atoms with Gasteiger partial charge in [0.25, 0.3) is 0 Å². The van der Waals surface area contributed by atoms with Crippen LogP contribution in [0.5, 0.6) is 0 Å². The molecule has 0 spiro atoms. The van der Waals surface area contributed by atoms with Crippen LogP contribution in [0.3, 0.4) is 0 Å². The van der Waals surface area contributed by atoms with Crippen molar-refractivity contribution >= 4 is 17.6 Å². The van der Waals surface area contributed by atoms with Gasteiger partial charge in [-0.3, -0.25) is 9.59 Å². The predicted octanol–water partition coefficient (Wildman–Crippen LogP) is 1.87. The van der Waals surface area contributed by atoms with Gasteiger partial charge in [-0.25, -0.2) is 4.98 Å². The Morgan fingerprint density at radius 3 is 2.87 bits per heavy atom. The number of hydrogen-bond donors (Lipinski definition) is 1. The molecule has 1 atom stereocenters. The maximum Gasteiger partial charge on any atom is 0.248 e. The SMILES string of the molecule is CCC(=O)N1CCCCC1C(=O)Nc1cc(CN(C)C)ccn1. The van der Waals surface area contributed by atoms with Crippen molar-refractivity contribution in [1.29, 1.82) is 0 Å². The van der Waals surface area contributed by atoms with Gasteiger partial charge in [0.2, 0.25) is 11.8 Å². The zero-order chi connectivity index (χ0) is 16.8. The van der Waals surface area contributed by atoms with Crippen molar-refractivity contribution in [3.63, 3.8) is 0 Å². The van der Waals surface area contributed by atoms with Crippen LogP contribution < -0.4 is 5.32 Å². The van der Waals surface area contributed by atoms with Gasteiger partial charge in [0.15, 0.2) is 0 Å². The van der Waals surface area contributed by atoms with E-state index in [4.69, 9.17) is 0 Å². The Morgan fingerprint density at radius 1 is 1.39 bits per heavy atom. The van der Waals surface area contributed by atoms with E-state index in [1.54, 1.807) is 11.1 Å². The number of rotatable bonds is 5. The first-order chi connectivity index (χ1) is 11.0. The average Bonchev–Trinajstić information content (AvgIpc) is 2.53. The van der Waals surface area contributed by atoms with E-state index in [0.717, 1.165) is 31.4 Å². The maximum atomic E-state index is 12.6. The largest absolute Gasteiger partial charge is 0.331 e. The quantitative estimate of drug-likeness (QED) is 0.900. The Morgan fingerprint density at radius 2 is 2.17 bits per heavy atom. The summed E-state index contributed by atoms with van der Waals surface area (Å²) in [6.45, 7) is 3.28. The predicted molar refractivity (Wildman–Crippen MR) is 89.9 cm³/mol. The van der Waals surface area contributed by atoms with Gasteiger partial charge < -0.3 is 15.1 Å². The Hall–Kier alpha value is -1.95. The Kier molecular flexibility index (Phi) is 6.10. The van der Waals surface area contributed by atoms with Crippen LogP contribution in [0, 0.1) is 0 Å². The third-order valence-electron chi connectivity index (χ3n) is 4.00. The number of carbonyl (C=O) groups excluding carboxylic acids is 2. The zero-order valence-corrected chi connectivity index (χ0v) is 14.2. The molecule has 6 heteroatoms. The summed E-state index contributed by atoms with van der Waals surface area (Å²) in [5, 5.41) is 2.87. The van der Waals surface area contributed by atoms with Crippen molar-refractivity contribution < 1.29 is 9.59 Å². The van der Waals surface area contributed by atoms with E-state index in [1.165, 1.54) is 0 Å². The molecular formula is C17H26N4O2. The van der Waals surface area contributed by atoms with Gasteiger partial charge in [-0.1, -0.05) is 6.92 Å². The number of nitrogens with zero attached hydrogens (tertiary/aromatic N) is 3. The standard InChI is InChI=1S/C17H26N4O2/c1-4-16(22)21-10-6-5-7-14(21)17(23)19-15-11-13(8-9-18-15)12-20(2)3/h8-9,11,14H,4-7,10,12H2,1-3H3,(H,18,19,23). The lowest BCUT2D eigenvalue weighted by Crippen LogP contribution is -2.49. The van der Waals surface area contributed by atoms with Crippen LogP contribution in [0.15, 0.2) is 18.3 Å². The highest BCUT2D eigenvalue weighted by molar-refractivity contribution is 5.96. The third-order valence-corrected chi connectivity index (χ3v) is 4.00. The molecule has 1 aliphatic heterocycles. The molecule has 126 valence electrons. The van der Waals surface area contributed by atoms with Gasteiger partial charge in [0.05, 0.1) is 0 Å². The number of hydrogen-bond acceptors (Lipinski definition) is 4. The molecule has 2 rings (SSSR count). The van der Waals surface area contributed by atoms with E-state index >= 15 is 0 Å². The molecule has 1 fully saturated rings. The zero-order valence-electron chi connectivity index (χ0n) is 14.2. The molecule has 1 saturated heterocycles. The summed E-state index contributed by atoms with van der Waals surface area (Å²) in [7, 11) is 3.99. The Labute approximate surface area is 137 Å². The third kappa shape index (κ3) is 4.76. The highest BCUT2D eigenvalue weighted by atomic mass is 16.2. The van der Waals surface area contributed by atoms with E-state index < -0.39 is 0 Å². The molecule has 2 heterocycles. The normalized spacial score (nSPS) is 18.1. The van der Waals surface area contributed by atoms with E-state index in [0.29, 0.717) is 18.8 Å². The number of aromatic nitrogens is 1. The van der Waals surface area contributed by atoms with Crippen molar-refractivity contribution in [2.75, 3.05) is 26.0 Å². The molecule has 6 nitrogen and oxygen atoms in total. The molecule has 0 aliphatic carbocycles. The molecule has 0 saturated carbocycles. The summed E-state index contributed by atoms with van der Waals surface area (Å²) in [6, 6.07) is 3.44. The lowest BCUT2D eigenvalue weighted by Gasteiger charge is -2.34. The number of amides is 2. The van der Waals surface area contributed by atoms with Crippen LogP contribution in [-0.2, 0) is 16.1 Å². The molecule has 1 aliphatic rings. The smallest absolute Gasteiger partial charge is 0.248 e. The molecule has 2 amide bonds. The summed E-state index contributed by atoms with van der Waals surface area (Å²) >= 11 is 0. The van der Waals surface area contributed by atoms with Crippen molar-refractivity contribution in [3.8, 4) is 0 Å². The molecule has 0 bridgehead atoms. The molecular weight excluding hydrogens is 292 g/mol. The minimum absolute atomic E-state index is 0.0409. The van der Waals surface area contributed by atoms with Crippen LogP contribution >= 0.6 is 0 Å². The van der Waals surface area contributed by atoms with E-state index in [2.05, 4.69) is 15.2 Å². The Balaban J connectivity index is 2.06. The van der Waals surface area contributed by atoms with Gasteiger partial charge in [0, 0.05) is 25.7 Å². The lowest BCUT2D eigenvalue weighted by atomic mass is 10.0. The number of pyridine rings is 1. The molecule has 0 aromatic carbocycles. The maximum absolute atomic E-state index is 12.6. The van der Waals surface area contributed by atoms with Gasteiger partial charge >= 0.3 is 0 Å². The number of carbonyl (C=O) groups is 2. The second-order valence-electron chi connectivity index (χ2n) is 6.23.